The lowest BCUT2D eigenvalue weighted by Gasteiger charge is -2.38. The topological polar surface area (TPSA) is 41.6 Å². The normalized spacial score (nSPS) is 17.6. The summed E-state index contributed by atoms with van der Waals surface area (Å²) in [6.07, 6.45) is 4.16. The van der Waals surface area contributed by atoms with Gasteiger partial charge < -0.3 is 15.0 Å². The Morgan fingerprint density at radius 1 is 0.838 bits per heavy atom. The van der Waals surface area contributed by atoms with Gasteiger partial charge in [-0.2, -0.15) is 0 Å². The number of hydrogen-bond acceptors (Lipinski definition) is 2. The summed E-state index contributed by atoms with van der Waals surface area (Å²) in [6, 6.07) is 25.4. The Hall–Kier alpha value is -3.27. The van der Waals surface area contributed by atoms with Crippen molar-refractivity contribution in [1.29, 1.82) is 0 Å². The maximum Gasteiger partial charge on any atom is 0.322 e. The number of ether oxygens (including phenoxy) is 1. The minimum Gasteiger partial charge on any atom is -0.496 e. The summed E-state index contributed by atoms with van der Waals surface area (Å²) in [7, 11) is 1.70. The Labute approximate surface area is 223 Å². The fourth-order valence-corrected chi connectivity index (χ4v) is 5.70. The largest absolute Gasteiger partial charge is 0.496 e. The minimum absolute atomic E-state index is 0.0240. The van der Waals surface area contributed by atoms with E-state index in [1.807, 2.05) is 18.2 Å². The van der Waals surface area contributed by atoms with E-state index >= 15 is 0 Å². The molecular formula is C33H42N2O2. The van der Waals surface area contributed by atoms with Gasteiger partial charge in [0.1, 0.15) is 5.75 Å². The molecule has 4 rings (SSSR count). The highest BCUT2D eigenvalue weighted by Gasteiger charge is 2.31. The number of nitrogens with zero attached hydrogens (tertiary/aromatic N) is 1. The third-order valence-electron chi connectivity index (χ3n) is 7.81. The molecule has 0 aliphatic heterocycles. The molecule has 0 saturated heterocycles. The van der Waals surface area contributed by atoms with E-state index < -0.39 is 0 Å². The smallest absolute Gasteiger partial charge is 0.322 e. The highest BCUT2D eigenvalue weighted by molar-refractivity contribution is 5.91. The summed E-state index contributed by atoms with van der Waals surface area (Å²) in [5.74, 6) is 2.02. The van der Waals surface area contributed by atoms with E-state index in [1.54, 1.807) is 7.11 Å². The van der Waals surface area contributed by atoms with Gasteiger partial charge in [-0.3, -0.25) is 0 Å². The predicted octanol–water partition coefficient (Wildman–Crippen LogP) is 8.70. The Morgan fingerprint density at radius 3 is 2.03 bits per heavy atom. The van der Waals surface area contributed by atoms with E-state index in [9.17, 15) is 4.79 Å². The summed E-state index contributed by atoms with van der Waals surface area (Å²) >= 11 is 0. The zero-order chi connectivity index (χ0) is 26.4. The first-order valence-electron chi connectivity index (χ1n) is 13.8. The molecule has 3 aromatic carbocycles. The van der Waals surface area contributed by atoms with Crippen molar-refractivity contribution in [1.82, 2.24) is 4.90 Å². The quantitative estimate of drug-likeness (QED) is 0.337. The van der Waals surface area contributed by atoms with Crippen LogP contribution in [0.15, 0.2) is 72.8 Å². The average molecular weight is 499 g/mol. The van der Waals surface area contributed by atoms with Crippen molar-refractivity contribution < 1.29 is 9.53 Å². The van der Waals surface area contributed by atoms with E-state index in [4.69, 9.17) is 4.74 Å². The van der Waals surface area contributed by atoms with Gasteiger partial charge in [0.25, 0.3) is 0 Å². The number of urea groups is 1. The Kier molecular flexibility index (Phi) is 8.91. The second kappa shape index (κ2) is 12.3. The zero-order valence-electron chi connectivity index (χ0n) is 23.0. The maximum absolute atomic E-state index is 14.1. The first-order chi connectivity index (χ1) is 17.9. The lowest BCUT2D eigenvalue weighted by molar-refractivity contribution is 0.157. The molecule has 37 heavy (non-hydrogen) atoms. The number of methoxy groups -OCH3 is 1. The van der Waals surface area contributed by atoms with Crippen LogP contribution in [0.3, 0.4) is 0 Å². The number of anilines is 1. The molecule has 1 aliphatic carbocycles. The highest BCUT2D eigenvalue weighted by atomic mass is 16.5. The Morgan fingerprint density at radius 2 is 1.43 bits per heavy atom. The minimum atomic E-state index is -0.0240. The molecule has 4 heteroatoms. The molecule has 0 aromatic heterocycles. The second-order valence-corrected chi connectivity index (χ2v) is 10.9. The summed E-state index contributed by atoms with van der Waals surface area (Å²) < 4.78 is 5.65. The second-order valence-electron chi connectivity index (χ2n) is 10.9. The summed E-state index contributed by atoms with van der Waals surface area (Å²) in [5.41, 5.74) is 5.79. The SMILES string of the molecule is COc1ccccc1CN(C(=O)Nc1c(C(C)C)cccc1C(C)C)[C@H]1CC[C@H](c2ccccc2)CC1. The van der Waals surface area contributed by atoms with Crippen LogP contribution in [0.25, 0.3) is 0 Å². The van der Waals surface area contributed by atoms with Crippen molar-refractivity contribution in [3.63, 3.8) is 0 Å². The fourth-order valence-electron chi connectivity index (χ4n) is 5.70. The number of nitrogens with one attached hydrogen (secondary N) is 1. The van der Waals surface area contributed by atoms with Gasteiger partial charge in [-0.05, 0) is 66.2 Å². The van der Waals surface area contributed by atoms with E-state index in [2.05, 4.69) is 92.5 Å². The molecule has 1 N–H and O–H groups in total. The van der Waals surface area contributed by atoms with Crippen molar-refractivity contribution in [2.45, 2.75) is 83.7 Å². The maximum atomic E-state index is 14.1. The number of para-hydroxylation sites is 2. The number of benzene rings is 3. The molecule has 3 aromatic rings. The summed E-state index contributed by atoms with van der Waals surface area (Å²) in [4.78, 5) is 16.1. The van der Waals surface area contributed by atoms with Crippen LogP contribution < -0.4 is 10.1 Å². The van der Waals surface area contributed by atoms with Gasteiger partial charge in [0.05, 0.1) is 13.7 Å². The molecule has 0 spiro atoms. The summed E-state index contributed by atoms with van der Waals surface area (Å²) in [5, 5.41) is 3.39. The van der Waals surface area contributed by atoms with Gasteiger partial charge in [0, 0.05) is 17.3 Å². The Balaban J connectivity index is 1.62. The van der Waals surface area contributed by atoms with Crippen LogP contribution in [0.4, 0.5) is 10.5 Å². The van der Waals surface area contributed by atoms with Gasteiger partial charge in [0.2, 0.25) is 0 Å². The third-order valence-corrected chi connectivity index (χ3v) is 7.81. The van der Waals surface area contributed by atoms with E-state index in [-0.39, 0.29) is 12.1 Å². The van der Waals surface area contributed by atoms with E-state index in [1.165, 1.54) is 16.7 Å². The molecule has 1 saturated carbocycles. The van der Waals surface area contributed by atoms with Gasteiger partial charge in [-0.15, -0.1) is 0 Å². The van der Waals surface area contributed by atoms with Crippen LogP contribution in [0, 0.1) is 0 Å². The number of amides is 2. The molecular weight excluding hydrogens is 456 g/mol. The number of hydrogen-bond donors (Lipinski definition) is 1. The van der Waals surface area contributed by atoms with Gasteiger partial charge in [-0.25, -0.2) is 4.79 Å². The van der Waals surface area contributed by atoms with Crippen molar-refractivity contribution in [2.75, 3.05) is 12.4 Å². The fraction of sp³-hybridized carbons (Fsp3) is 0.424. The van der Waals surface area contributed by atoms with Crippen molar-refractivity contribution in [2.24, 2.45) is 0 Å². The molecule has 2 amide bonds. The molecule has 0 heterocycles. The van der Waals surface area contributed by atoms with Crippen LogP contribution >= 0.6 is 0 Å². The first kappa shape index (κ1) is 26.8. The Bertz CT molecular complexity index is 1140. The average Bonchev–Trinajstić information content (AvgIpc) is 2.92. The van der Waals surface area contributed by atoms with Crippen LogP contribution in [-0.4, -0.2) is 24.1 Å². The lowest BCUT2D eigenvalue weighted by Crippen LogP contribution is -2.44. The van der Waals surface area contributed by atoms with E-state index in [0.717, 1.165) is 42.7 Å². The third kappa shape index (κ3) is 6.36. The number of carbonyl (C=O) groups excluding carboxylic acids is 1. The zero-order valence-corrected chi connectivity index (χ0v) is 23.0. The standard InChI is InChI=1S/C33H42N2O2/c1-23(2)29-15-11-16-30(24(3)4)32(29)34-33(36)35(22-27-14-9-10-17-31(27)37-5)28-20-18-26(19-21-28)25-12-7-6-8-13-25/h6-17,23-24,26,28H,18-22H2,1-5H3,(H,34,36)/t26-,28-. The number of rotatable bonds is 8. The number of carbonyl (C=O) groups is 1. The van der Waals surface area contributed by atoms with Gasteiger partial charge in [-0.1, -0.05) is 94.4 Å². The van der Waals surface area contributed by atoms with Crippen molar-refractivity contribution in [3.8, 4) is 5.75 Å². The van der Waals surface area contributed by atoms with Crippen LogP contribution in [0.2, 0.25) is 0 Å². The molecule has 4 nitrogen and oxygen atoms in total. The van der Waals surface area contributed by atoms with Crippen molar-refractivity contribution in [3.05, 3.63) is 95.1 Å². The molecule has 196 valence electrons. The van der Waals surface area contributed by atoms with Crippen molar-refractivity contribution >= 4 is 11.7 Å². The first-order valence-corrected chi connectivity index (χ1v) is 13.8. The van der Waals surface area contributed by atoms with E-state index in [0.29, 0.717) is 24.3 Å². The lowest BCUT2D eigenvalue weighted by atomic mass is 9.81. The molecule has 0 bridgehead atoms. The van der Waals surface area contributed by atoms with Crippen LogP contribution in [0.5, 0.6) is 5.75 Å². The molecule has 1 fully saturated rings. The van der Waals surface area contributed by atoms with Crippen LogP contribution in [-0.2, 0) is 6.54 Å². The van der Waals surface area contributed by atoms with Gasteiger partial charge in [0.15, 0.2) is 0 Å². The molecule has 1 aliphatic rings. The predicted molar refractivity (Wildman–Crippen MR) is 154 cm³/mol. The monoisotopic (exact) mass is 498 g/mol. The molecule has 0 radical (unpaired) electrons. The molecule has 0 unspecified atom stereocenters. The molecule has 0 atom stereocenters. The van der Waals surface area contributed by atoms with Crippen LogP contribution in [0.1, 0.15) is 93.4 Å². The summed E-state index contributed by atoms with van der Waals surface area (Å²) in [6.45, 7) is 9.27. The highest BCUT2D eigenvalue weighted by Crippen LogP contribution is 2.37. The van der Waals surface area contributed by atoms with Gasteiger partial charge >= 0.3 is 6.03 Å².